The number of hydrogen-bond donors (Lipinski definition) is 2. The summed E-state index contributed by atoms with van der Waals surface area (Å²) in [7, 11) is 0. The Morgan fingerprint density at radius 2 is 2.38 bits per heavy atom. The molecule has 0 aromatic carbocycles. The third kappa shape index (κ3) is 1.45. The molecule has 1 amide bonds. The van der Waals surface area contributed by atoms with Crippen LogP contribution in [0.4, 0.5) is 0 Å². The van der Waals surface area contributed by atoms with E-state index < -0.39 is 12.0 Å². The van der Waals surface area contributed by atoms with E-state index in [0.29, 0.717) is 11.3 Å². The number of carboxylic acid groups (broad SMARTS) is 1. The smallest absolute Gasteiger partial charge is 0.352 e. The van der Waals surface area contributed by atoms with Crippen molar-refractivity contribution < 1.29 is 14.7 Å². The van der Waals surface area contributed by atoms with Crippen molar-refractivity contribution in [1.82, 2.24) is 4.90 Å². The Bertz CT molecular complexity index is 416. The first-order chi connectivity index (χ1) is 7.57. The molecule has 2 aliphatic rings. The maximum absolute atomic E-state index is 11.5. The predicted molar refractivity (Wildman–Crippen MR) is 60.5 cm³/mol. The van der Waals surface area contributed by atoms with Crippen LogP contribution in [-0.2, 0) is 9.59 Å². The summed E-state index contributed by atoms with van der Waals surface area (Å²) in [5.74, 6) is -0.802. The molecule has 86 valence electrons. The molecule has 0 aliphatic carbocycles. The number of carboxylic acids is 1. The summed E-state index contributed by atoms with van der Waals surface area (Å²) in [5.41, 5.74) is 6.35. The lowest BCUT2D eigenvalue weighted by atomic mass is 10.0. The number of rotatable bonds is 2. The molecular weight excluding hydrogens is 228 g/mol. The normalized spacial score (nSPS) is 29.4. The number of hydrogen-bond acceptors (Lipinski definition) is 4. The Hall–Kier alpha value is -1.27. The van der Waals surface area contributed by atoms with Crippen LogP contribution in [0.1, 0.15) is 6.92 Å². The van der Waals surface area contributed by atoms with E-state index in [9.17, 15) is 9.59 Å². The van der Waals surface area contributed by atoms with E-state index in [4.69, 9.17) is 10.8 Å². The van der Waals surface area contributed by atoms with Gasteiger partial charge in [-0.1, -0.05) is 12.2 Å². The van der Waals surface area contributed by atoms with Gasteiger partial charge < -0.3 is 10.8 Å². The van der Waals surface area contributed by atoms with Crippen molar-refractivity contribution in [2.24, 2.45) is 5.73 Å². The van der Waals surface area contributed by atoms with Crippen LogP contribution in [0.15, 0.2) is 23.4 Å². The van der Waals surface area contributed by atoms with Crippen molar-refractivity contribution in [1.29, 1.82) is 0 Å². The average molecular weight is 240 g/mol. The van der Waals surface area contributed by atoms with Crippen LogP contribution in [0.2, 0.25) is 0 Å². The molecule has 0 aromatic heterocycles. The third-order valence-corrected chi connectivity index (χ3v) is 3.93. The Morgan fingerprint density at radius 1 is 1.69 bits per heavy atom. The largest absolute Gasteiger partial charge is 0.477 e. The zero-order chi connectivity index (χ0) is 11.9. The van der Waals surface area contributed by atoms with Gasteiger partial charge in [0.05, 0.1) is 0 Å². The summed E-state index contributed by atoms with van der Waals surface area (Å²) < 4.78 is 0. The zero-order valence-electron chi connectivity index (χ0n) is 8.71. The molecule has 2 heterocycles. The third-order valence-electron chi connectivity index (χ3n) is 2.61. The van der Waals surface area contributed by atoms with Gasteiger partial charge in [-0.2, -0.15) is 0 Å². The number of fused-ring (bicyclic) bond motifs is 1. The molecule has 0 unspecified atom stereocenters. The maximum Gasteiger partial charge on any atom is 0.352 e. The lowest BCUT2D eigenvalue weighted by Gasteiger charge is -2.47. The van der Waals surface area contributed by atoms with Gasteiger partial charge in [0.15, 0.2) is 0 Å². The van der Waals surface area contributed by atoms with Crippen LogP contribution < -0.4 is 5.73 Å². The van der Waals surface area contributed by atoms with Gasteiger partial charge in [-0.15, -0.1) is 11.8 Å². The van der Waals surface area contributed by atoms with Crippen LogP contribution in [0, 0.1) is 0 Å². The fourth-order valence-corrected chi connectivity index (χ4v) is 3.13. The highest BCUT2D eigenvalue weighted by molar-refractivity contribution is 8.00. The minimum absolute atomic E-state index is 0.0774. The Labute approximate surface area is 97.0 Å². The average Bonchev–Trinajstić information content (AvgIpc) is 2.27. The fraction of sp³-hybridized carbons (Fsp3) is 0.400. The maximum atomic E-state index is 11.5. The molecule has 6 heteroatoms. The van der Waals surface area contributed by atoms with Gasteiger partial charge in [0, 0.05) is 5.75 Å². The first-order valence-electron chi connectivity index (χ1n) is 4.87. The molecular formula is C10H12N2O3S. The Morgan fingerprint density at radius 3 is 2.94 bits per heavy atom. The molecule has 2 atom stereocenters. The summed E-state index contributed by atoms with van der Waals surface area (Å²) in [6.07, 6.45) is 3.49. The first-order valence-corrected chi connectivity index (χ1v) is 5.92. The monoisotopic (exact) mass is 240 g/mol. The minimum atomic E-state index is -1.07. The molecule has 3 N–H and O–H groups in total. The summed E-state index contributed by atoms with van der Waals surface area (Å²) in [6, 6.07) is -0.563. The summed E-state index contributed by atoms with van der Waals surface area (Å²) in [5, 5.41) is 8.91. The van der Waals surface area contributed by atoms with Crippen molar-refractivity contribution in [3.63, 3.8) is 0 Å². The van der Waals surface area contributed by atoms with Crippen molar-refractivity contribution in [2.45, 2.75) is 18.3 Å². The van der Waals surface area contributed by atoms with Crippen molar-refractivity contribution >= 4 is 23.6 Å². The highest BCUT2D eigenvalue weighted by atomic mass is 32.2. The van der Waals surface area contributed by atoms with Gasteiger partial charge in [-0.25, -0.2) is 4.79 Å². The molecule has 0 aromatic rings. The van der Waals surface area contributed by atoms with E-state index in [1.807, 2.05) is 6.92 Å². The SMILES string of the molecule is C/C=C/C1=C(C(=O)O)N2C(=O)[C@H](N)[C@H]2SC1. The molecule has 1 saturated heterocycles. The zero-order valence-corrected chi connectivity index (χ0v) is 9.53. The standard InChI is InChI=1S/C10H12N2O3S/c1-2-3-5-4-16-9-6(11)8(13)12(9)7(5)10(14)15/h2-3,6,9H,4,11H2,1H3,(H,14,15)/b3-2+/t6-,9+/m0/s1. The van der Waals surface area contributed by atoms with Crippen LogP contribution in [-0.4, -0.2) is 39.1 Å². The number of β-lactam (4-membered cyclic amide) rings is 1. The summed E-state index contributed by atoms with van der Waals surface area (Å²) in [4.78, 5) is 24.0. The molecule has 0 spiro atoms. The predicted octanol–water partition coefficient (Wildman–Crippen LogP) is 0.144. The molecule has 2 rings (SSSR count). The number of nitrogens with two attached hydrogens (primary N) is 1. The Kier molecular flexibility index (Phi) is 2.77. The fourth-order valence-electron chi connectivity index (χ4n) is 1.87. The number of thioether (sulfide) groups is 1. The van der Waals surface area contributed by atoms with Crippen molar-refractivity contribution in [3.8, 4) is 0 Å². The minimum Gasteiger partial charge on any atom is -0.477 e. The van der Waals surface area contributed by atoms with Crippen molar-refractivity contribution in [3.05, 3.63) is 23.4 Å². The molecule has 5 nitrogen and oxygen atoms in total. The number of carbonyl (C=O) groups excluding carboxylic acids is 1. The molecule has 1 fully saturated rings. The quantitative estimate of drug-likeness (QED) is 0.671. The van der Waals surface area contributed by atoms with Crippen LogP contribution >= 0.6 is 11.8 Å². The second-order valence-corrected chi connectivity index (χ2v) is 4.72. The number of aliphatic carboxylic acids is 1. The highest BCUT2D eigenvalue weighted by Gasteiger charge is 2.51. The summed E-state index contributed by atoms with van der Waals surface area (Å²) in [6.45, 7) is 1.81. The summed E-state index contributed by atoms with van der Waals surface area (Å²) >= 11 is 1.50. The van der Waals surface area contributed by atoms with Gasteiger partial charge in [-0.05, 0) is 12.5 Å². The number of nitrogens with zero attached hydrogens (tertiary/aromatic N) is 1. The van der Waals surface area contributed by atoms with Crippen LogP contribution in [0.5, 0.6) is 0 Å². The van der Waals surface area contributed by atoms with Crippen LogP contribution in [0.3, 0.4) is 0 Å². The van der Waals surface area contributed by atoms with Gasteiger partial charge in [0.25, 0.3) is 0 Å². The van der Waals surface area contributed by atoms with E-state index in [1.54, 1.807) is 12.2 Å². The van der Waals surface area contributed by atoms with E-state index in [2.05, 4.69) is 0 Å². The van der Waals surface area contributed by atoms with Gasteiger partial charge in [-0.3, -0.25) is 9.69 Å². The second-order valence-electron chi connectivity index (χ2n) is 3.61. The van der Waals surface area contributed by atoms with Gasteiger partial charge >= 0.3 is 5.97 Å². The van der Waals surface area contributed by atoms with Gasteiger partial charge in [0.1, 0.15) is 17.1 Å². The molecule has 0 bridgehead atoms. The van der Waals surface area contributed by atoms with E-state index in [-0.39, 0.29) is 17.0 Å². The van der Waals surface area contributed by atoms with E-state index in [0.717, 1.165) is 0 Å². The lowest BCUT2D eigenvalue weighted by molar-refractivity contribution is -0.147. The number of amides is 1. The highest BCUT2D eigenvalue weighted by Crippen LogP contribution is 2.39. The van der Waals surface area contributed by atoms with E-state index >= 15 is 0 Å². The topological polar surface area (TPSA) is 83.6 Å². The molecule has 0 radical (unpaired) electrons. The second kappa shape index (κ2) is 3.95. The van der Waals surface area contributed by atoms with Crippen LogP contribution in [0.25, 0.3) is 0 Å². The Balaban J connectivity index is 2.41. The first kappa shape index (κ1) is 11.2. The molecule has 16 heavy (non-hydrogen) atoms. The van der Waals surface area contributed by atoms with Gasteiger partial charge in [0.2, 0.25) is 5.91 Å². The molecule has 2 aliphatic heterocycles. The lowest BCUT2D eigenvalue weighted by Crippen LogP contribution is -2.68. The van der Waals surface area contributed by atoms with E-state index in [1.165, 1.54) is 16.7 Å². The molecule has 0 saturated carbocycles. The number of allylic oxidation sites excluding steroid dienone is 2. The van der Waals surface area contributed by atoms with Crippen molar-refractivity contribution in [2.75, 3.05) is 5.75 Å². The number of carbonyl (C=O) groups is 2.